The van der Waals surface area contributed by atoms with Gasteiger partial charge in [0, 0.05) is 32.6 Å². The van der Waals surface area contributed by atoms with E-state index in [1.54, 1.807) is 0 Å². The van der Waals surface area contributed by atoms with Gasteiger partial charge in [-0.2, -0.15) is 0 Å². The van der Waals surface area contributed by atoms with Gasteiger partial charge in [0.15, 0.2) is 0 Å². The molecule has 1 aliphatic rings. The van der Waals surface area contributed by atoms with Crippen molar-refractivity contribution in [2.75, 3.05) is 4.90 Å². The standard InChI is InChI=1S/C41H28N2O2/c1-41(2)34-15-7-9-17-36(34)42(37-18-10-8-16-35(37)41)27-21-19-25(20-22-27)26-23-32-28-11-3-5-13-30(28)39(44)43-38(32)33(24-26)29-12-4-6-14-31(29)40(43)45/h3-24H,1-2H3. The maximum atomic E-state index is 13.7. The maximum Gasteiger partial charge on any atom is 0.266 e. The summed E-state index contributed by atoms with van der Waals surface area (Å²) in [6, 6.07) is 45.5. The molecule has 0 unspecified atom stereocenters. The molecular formula is C41H28N2O2. The Hall–Kier alpha value is -5.74. The summed E-state index contributed by atoms with van der Waals surface area (Å²) in [5.41, 5.74) is 8.17. The molecule has 0 spiro atoms. The number of pyridine rings is 2. The molecule has 0 saturated heterocycles. The Morgan fingerprint density at radius 1 is 0.467 bits per heavy atom. The van der Waals surface area contributed by atoms with E-state index in [0.717, 1.165) is 38.4 Å². The molecule has 0 radical (unpaired) electrons. The van der Waals surface area contributed by atoms with E-state index in [4.69, 9.17) is 0 Å². The van der Waals surface area contributed by atoms with Crippen LogP contribution in [0.25, 0.3) is 49.0 Å². The molecule has 0 atom stereocenters. The van der Waals surface area contributed by atoms with Gasteiger partial charge in [0.1, 0.15) is 0 Å². The van der Waals surface area contributed by atoms with Gasteiger partial charge in [0.2, 0.25) is 0 Å². The number of nitrogens with zero attached hydrogens (tertiary/aromatic N) is 2. The molecule has 0 bridgehead atoms. The van der Waals surface area contributed by atoms with Gasteiger partial charge in [-0.25, -0.2) is 4.40 Å². The highest BCUT2D eigenvalue weighted by molar-refractivity contribution is 6.19. The maximum absolute atomic E-state index is 13.7. The molecular weight excluding hydrogens is 552 g/mol. The van der Waals surface area contributed by atoms with Crippen LogP contribution in [0.5, 0.6) is 0 Å². The predicted octanol–water partition coefficient (Wildman–Crippen LogP) is 9.33. The third kappa shape index (κ3) is 3.48. The van der Waals surface area contributed by atoms with Crippen LogP contribution in [0.1, 0.15) is 25.0 Å². The van der Waals surface area contributed by atoms with Crippen LogP contribution >= 0.6 is 0 Å². The number of fused-ring (bicyclic) bond motifs is 6. The van der Waals surface area contributed by atoms with Gasteiger partial charge in [0.25, 0.3) is 11.1 Å². The first kappa shape index (κ1) is 25.7. The lowest BCUT2D eigenvalue weighted by atomic mass is 9.73. The Morgan fingerprint density at radius 3 is 1.42 bits per heavy atom. The second-order valence-electron chi connectivity index (χ2n) is 12.5. The van der Waals surface area contributed by atoms with Crippen molar-refractivity contribution in [1.82, 2.24) is 4.40 Å². The summed E-state index contributed by atoms with van der Waals surface area (Å²) in [6.07, 6.45) is 0. The lowest BCUT2D eigenvalue weighted by Gasteiger charge is -2.42. The smallest absolute Gasteiger partial charge is 0.266 e. The van der Waals surface area contributed by atoms with Gasteiger partial charge in [-0.1, -0.05) is 98.8 Å². The highest BCUT2D eigenvalue weighted by Gasteiger charge is 2.36. The molecule has 9 rings (SSSR count). The van der Waals surface area contributed by atoms with Gasteiger partial charge in [-0.15, -0.1) is 0 Å². The van der Waals surface area contributed by atoms with Crippen molar-refractivity contribution in [2.24, 2.45) is 0 Å². The average Bonchev–Trinajstić information content (AvgIpc) is 3.08. The molecule has 214 valence electrons. The summed E-state index contributed by atoms with van der Waals surface area (Å²) < 4.78 is 1.37. The zero-order valence-corrected chi connectivity index (χ0v) is 24.9. The van der Waals surface area contributed by atoms with Crippen LogP contribution in [0.4, 0.5) is 17.1 Å². The van der Waals surface area contributed by atoms with Crippen LogP contribution in [0.2, 0.25) is 0 Å². The van der Waals surface area contributed by atoms with Crippen LogP contribution in [-0.2, 0) is 5.41 Å². The summed E-state index contributed by atoms with van der Waals surface area (Å²) >= 11 is 0. The molecule has 3 heterocycles. The molecule has 1 aliphatic heterocycles. The molecule has 6 aromatic carbocycles. The van der Waals surface area contributed by atoms with Crippen molar-refractivity contribution in [3.63, 3.8) is 0 Å². The van der Waals surface area contributed by atoms with Crippen LogP contribution in [0, 0.1) is 0 Å². The summed E-state index contributed by atoms with van der Waals surface area (Å²) in [5.74, 6) is 0. The number of para-hydroxylation sites is 2. The Balaban J connectivity index is 1.28. The monoisotopic (exact) mass is 580 g/mol. The Labute approximate surface area is 259 Å². The summed E-state index contributed by atoms with van der Waals surface area (Å²) in [5, 5.41) is 4.58. The summed E-state index contributed by atoms with van der Waals surface area (Å²) in [6.45, 7) is 4.60. The minimum Gasteiger partial charge on any atom is -0.310 e. The third-order valence-corrected chi connectivity index (χ3v) is 9.73. The lowest BCUT2D eigenvalue weighted by Crippen LogP contribution is -2.30. The van der Waals surface area contributed by atoms with Gasteiger partial charge in [-0.3, -0.25) is 9.59 Å². The van der Waals surface area contributed by atoms with Crippen molar-refractivity contribution < 1.29 is 0 Å². The zero-order valence-electron chi connectivity index (χ0n) is 24.9. The molecule has 0 aliphatic carbocycles. The molecule has 4 heteroatoms. The second kappa shape index (κ2) is 9.13. The van der Waals surface area contributed by atoms with Crippen LogP contribution in [-0.4, -0.2) is 4.40 Å². The van der Waals surface area contributed by atoms with Crippen molar-refractivity contribution in [1.29, 1.82) is 0 Å². The van der Waals surface area contributed by atoms with Crippen LogP contribution < -0.4 is 16.0 Å². The van der Waals surface area contributed by atoms with E-state index in [1.807, 2.05) is 48.5 Å². The second-order valence-corrected chi connectivity index (χ2v) is 12.5. The SMILES string of the molecule is CC1(C)c2ccccc2N(c2ccc(-c3cc4c5ccccc5c(=O)n5c(=O)c6ccccc6c(c3)c45)cc2)c2ccccc21. The quantitative estimate of drug-likeness (QED) is 0.151. The first-order chi connectivity index (χ1) is 21.9. The van der Waals surface area contributed by atoms with Crippen LogP contribution in [0.3, 0.4) is 0 Å². The van der Waals surface area contributed by atoms with Crippen molar-refractivity contribution in [2.45, 2.75) is 19.3 Å². The minimum absolute atomic E-state index is 0.114. The van der Waals surface area contributed by atoms with Gasteiger partial charge in [0.05, 0.1) is 16.9 Å². The highest BCUT2D eigenvalue weighted by atomic mass is 16.2. The average molecular weight is 581 g/mol. The van der Waals surface area contributed by atoms with Crippen molar-refractivity contribution >= 4 is 54.9 Å². The topological polar surface area (TPSA) is 41.8 Å². The molecule has 8 aromatic rings. The van der Waals surface area contributed by atoms with E-state index in [-0.39, 0.29) is 16.5 Å². The van der Waals surface area contributed by atoms with E-state index in [2.05, 4.69) is 104 Å². The molecule has 0 fully saturated rings. The number of hydrogen-bond acceptors (Lipinski definition) is 3. The number of aromatic nitrogens is 1. The van der Waals surface area contributed by atoms with E-state index in [1.165, 1.54) is 26.9 Å². The van der Waals surface area contributed by atoms with E-state index in [9.17, 15) is 9.59 Å². The fraction of sp³-hybridized carbons (Fsp3) is 0.0732. The molecule has 45 heavy (non-hydrogen) atoms. The molecule has 0 saturated carbocycles. The number of anilines is 3. The van der Waals surface area contributed by atoms with E-state index in [0.29, 0.717) is 16.3 Å². The number of rotatable bonds is 2. The van der Waals surface area contributed by atoms with Crippen LogP contribution in [0.15, 0.2) is 143 Å². The fourth-order valence-electron chi connectivity index (χ4n) is 7.55. The van der Waals surface area contributed by atoms with Gasteiger partial charge < -0.3 is 4.90 Å². The molecule has 0 N–H and O–H groups in total. The molecule has 0 amide bonds. The minimum atomic E-state index is -0.277. The first-order valence-corrected chi connectivity index (χ1v) is 15.3. The fourth-order valence-corrected chi connectivity index (χ4v) is 7.55. The zero-order chi connectivity index (χ0) is 30.4. The van der Waals surface area contributed by atoms with Gasteiger partial charge >= 0.3 is 0 Å². The van der Waals surface area contributed by atoms with Gasteiger partial charge in [-0.05, 0) is 81.6 Å². The summed E-state index contributed by atoms with van der Waals surface area (Å²) in [7, 11) is 0. The lowest BCUT2D eigenvalue weighted by molar-refractivity contribution is 0.632. The number of benzene rings is 6. The van der Waals surface area contributed by atoms with E-state index >= 15 is 0 Å². The molecule has 4 nitrogen and oxygen atoms in total. The number of hydrogen-bond donors (Lipinski definition) is 0. The largest absolute Gasteiger partial charge is 0.310 e. The van der Waals surface area contributed by atoms with E-state index < -0.39 is 0 Å². The highest BCUT2D eigenvalue weighted by Crippen LogP contribution is 2.51. The third-order valence-electron chi connectivity index (χ3n) is 9.73. The van der Waals surface area contributed by atoms with Crippen molar-refractivity contribution in [3.05, 3.63) is 165 Å². The summed E-state index contributed by atoms with van der Waals surface area (Å²) in [4.78, 5) is 29.7. The normalized spacial score (nSPS) is 13.9. The first-order valence-electron chi connectivity index (χ1n) is 15.3. The molecule has 2 aromatic heterocycles. The van der Waals surface area contributed by atoms with Crippen molar-refractivity contribution in [3.8, 4) is 11.1 Å². The Morgan fingerprint density at radius 2 is 0.911 bits per heavy atom. The predicted molar refractivity (Wildman–Crippen MR) is 186 cm³/mol. The Bertz CT molecular complexity index is 2460. The Kier molecular flexibility index (Phi) is 5.22.